The number of hydrogen-bond donors (Lipinski definition) is 1. The fourth-order valence-electron chi connectivity index (χ4n) is 1.55. The van der Waals surface area contributed by atoms with Crippen LogP contribution in [0.5, 0.6) is 0 Å². The van der Waals surface area contributed by atoms with Crippen molar-refractivity contribution in [2.75, 3.05) is 0 Å². The van der Waals surface area contributed by atoms with Crippen molar-refractivity contribution in [3.63, 3.8) is 0 Å². The summed E-state index contributed by atoms with van der Waals surface area (Å²) < 4.78 is 1.07. The molecule has 0 saturated heterocycles. The van der Waals surface area contributed by atoms with Crippen LogP contribution in [0.15, 0.2) is 53.6 Å². The van der Waals surface area contributed by atoms with Crippen molar-refractivity contribution in [2.45, 2.75) is 0 Å². The molecule has 0 unspecified atom stereocenters. The van der Waals surface area contributed by atoms with Gasteiger partial charge in [-0.25, -0.2) is 5.43 Å². The molecule has 21 heavy (non-hydrogen) atoms. The van der Waals surface area contributed by atoms with Crippen molar-refractivity contribution in [3.8, 4) is 0 Å². The van der Waals surface area contributed by atoms with Gasteiger partial charge in [-0.05, 0) is 52.4 Å². The smallest absolute Gasteiger partial charge is 0.267 e. The van der Waals surface area contributed by atoms with E-state index in [1.54, 1.807) is 0 Å². The molecule has 0 atom stereocenters. The van der Waals surface area contributed by atoms with Crippen LogP contribution in [0.4, 0.5) is 5.69 Å². The van der Waals surface area contributed by atoms with Gasteiger partial charge < -0.3 is 0 Å². The average molecular weight is 395 g/mol. The van der Waals surface area contributed by atoms with Crippen molar-refractivity contribution in [1.29, 1.82) is 0 Å². The van der Waals surface area contributed by atoms with Crippen molar-refractivity contribution in [1.82, 2.24) is 5.43 Å². The molecule has 0 aliphatic rings. The topological polar surface area (TPSA) is 84.6 Å². The van der Waals surface area contributed by atoms with E-state index in [0.29, 0.717) is 5.56 Å². The fraction of sp³-hybridized carbons (Fsp3) is 0. The van der Waals surface area contributed by atoms with Crippen LogP contribution in [-0.2, 0) is 0 Å². The molecule has 2 aromatic carbocycles. The molecule has 2 aromatic rings. The predicted molar refractivity (Wildman–Crippen MR) is 87.3 cm³/mol. The summed E-state index contributed by atoms with van der Waals surface area (Å²) in [5.41, 5.74) is 3.49. The number of halogens is 1. The number of hydrazone groups is 1. The second-order valence-electron chi connectivity index (χ2n) is 4.06. The summed E-state index contributed by atoms with van der Waals surface area (Å²) in [7, 11) is 0. The molecular formula is C14H10IN3O3. The number of amides is 1. The molecule has 0 aromatic heterocycles. The number of non-ortho nitro benzene ring substituents is 1. The van der Waals surface area contributed by atoms with E-state index >= 15 is 0 Å². The number of rotatable bonds is 4. The number of nitrogens with zero attached hydrogens (tertiary/aromatic N) is 2. The van der Waals surface area contributed by atoms with E-state index in [1.807, 2.05) is 24.3 Å². The summed E-state index contributed by atoms with van der Waals surface area (Å²) in [5, 5.41) is 14.4. The predicted octanol–water partition coefficient (Wildman–Crippen LogP) is 2.96. The van der Waals surface area contributed by atoms with Crippen LogP contribution in [0.2, 0.25) is 0 Å². The molecule has 0 heterocycles. The van der Waals surface area contributed by atoms with Gasteiger partial charge in [0, 0.05) is 21.3 Å². The van der Waals surface area contributed by atoms with Crippen LogP contribution >= 0.6 is 22.6 Å². The number of hydrogen-bond acceptors (Lipinski definition) is 4. The van der Waals surface area contributed by atoms with Crippen molar-refractivity contribution in [3.05, 3.63) is 73.3 Å². The van der Waals surface area contributed by atoms with Crippen LogP contribution in [0.25, 0.3) is 0 Å². The van der Waals surface area contributed by atoms with Crippen LogP contribution in [0.1, 0.15) is 15.9 Å². The lowest BCUT2D eigenvalue weighted by Gasteiger charge is -1.99. The van der Waals surface area contributed by atoms with Gasteiger partial charge >= 0.3 is 0 Å². The van der Waals surface area contributed by atoms with Crippen LogP contribution in [-0.4, -0.2) is 17.0 Å². The summed E-state index contributed by atoms with van der Waals surface area (Å²) in [6.45, 7) is 0. The Morgan fingerprint density at radius 2 is 1.95 bits per heavy atom. The van der Waals surface area contributed by atoms with Crippen LogP contribution in [0, 0.1) is 13.7 Å². The number of nitro benzene ring substituents is 1. The maximum absolute atomic E-state index is 11.8. The monoisotopic (exact) mass is 395 g/mol. The molecular weight excluding hydrogens is 385 g/mol. The Kier molecular flexibility index (Phi) is 4.99. The highest BCUT2D eigenvalue weighted by Gasteiger charge is 2.08. The number of nitrogens with one attached hydrogen (secondary N) is 1. The molecule has 2 rings (SSSR count). The molecule has 0 bridgehead atoms. The molecule has 0 spiro atoms. The van der Waals surface area contributed by atoms with Crippen LogP contribution in [0.3, 0.4) is 0 Å². The van der Waals surface area contributed by atoms with E-state index in [2.05, 4.69) is 33.1 Å². The number of carbonyl (C=O) groups excluding carboxylic acids is 1. The second kappa shape index (κ2) is 6.93. The Morgan fingerprint density at radius 1 is 1.24 bits per heavy atom. The Balaban J connectivity index is 2.00. The van der Waals surface area contributed by atoms with E-state index in [0.717, 1.165) is 9.13 Å². The molecule has 1 N–H and O–H groups in total. The lowest BCUT2D eigenvalue weighted by atomic mass is 10.2. The maximum Gasteiger partial charge on any atom is 0.271 e. The summed E-state index contributed by atoms with van der Waals surface area (Å²) >= 11 is 2.18. The molecule has 0 aliphatic heterocycles. The van der Waals surface area contributed by atoms with Gasteiger partial charge in [-0.15, -0.1) is 0 Å². The minimum Gasteiger partial charge on any atom is -0.267 e. The first-order valence-corrected chi connectivity index (χ1v) is 6.97. The molecule has 0 aliphatic carbocycles. The highest BCUT2D eigenvalue weighted by Crippen LogP contribution is 2.11. The standard InChI is InChI=1S/C14H10IN3O3/c15-12-3-1-2-10(8-12)9-16-17-14(19)11-4-6-13(7-5-11)18(20)21/h1-9H,(H,17,19)/b16-9+. The quantitative estimate of drug-likeness (QED) is 0.374. The average Bonchev–Trinajstić information content (AvgIpc) is 2.47. The minimum atomic E-state index is -0.517. The van der Waals surface area contributed by atoms with E-state index in [-0.39, 0.29) is 5.69 Å². The zero-order valence-corrected chi connectivity index (χ0v) is 12.9. The van der Waals surface area contributed by atoms with Crippen LogP contribution < -0.4 is 5.43 Å². The first-order valence-electron chi connectivity index (χ1n) is 5.90. The Labute approximate surface area is 134 Å². The lowest BCUT2D eigenvalue weighted by molar-refractivity contribution is -0.384. The molecule has 0 radical (unpaired) electrons. The third-order valence-electron chi connectivity index (χ3n) is 2.57. The number of benzene rings is 2. The SMILES string of the molecule is O=C(N/N=C/c1cccc(I)c1)c1ccc([N+](=O)[O-])cc1. The van der Waals surface area contributed by atoms with Gasteiger partial charge in [-0.1, -0.05) is 12.1 Å². The fourth-order valence-corrected chi connectivity index (χ4v) is 2.12. The van der Waals surface area contributed by atoms with Gasteiger partial charge in [0.25, 0.3) is 11.6 Å². The summed E-state index contributed by atoms with van der Waals surface area (Å²) in [6.07, 6.45) is 1.53. The van der Waals surface area contributed by atoms with Crippen molar-refractivity contribution in [2.24, 2.45) is 5.10 Å². The number of carbonyl (C=O) groups is 1. The highest BCUT2D eigenvalue weighted by atomic mass is 127. The third kappa shape index (κ3) is 4.35. The molecule has 106 valence electrons. The summed E-state index contributed by atoms with van der Waals surface area (Å²) in [4.78, 5) is 21.8. The molecule has 0 saturated carbocycles. The van der Waals surface area contributed by atoms with E-state index < -0.39 is 10.8 Å². The van der Waals surface area contributed by atoms with Gasteiger partial charge in [-0.2, -0.15) is 5.10 Å². The first-order chi connectivity index (χ1) is 10.1. The van der Waals surface area contributed by atoms with Gasteiger partial charge in [0.2, 0.25) is 0 Å². The van der Waals surface area contributed by atoms with Crippen molar-refractivity contribution >= 4 is 40.4 Å². The normalized spacial score (nSPS) is 10.5. The Bertz CT molecular complexity index is 699. The van der Waals surface area contributed by atoms with Gasteiger partial charge in [0.15, 0.2) is 0 Å². The Morgan fingerprint density at radius 3 is 2.57 bits per heavy atom. The minimum absolute atomic E-state index is 0.0612. The van der Waals surface area contributed by atoms with E-state index in [4.69, 9.17) is 0 Å². The lowest BCUT2D eigenvalue weighted by Crippen LogP contribution is -2.17. The highest BCUT2D eigenvalue weighted by molar-refractivity contribution is 14.1. The van der Waals surface area contributed by atoms with E-state index in [9.17, 15) is 14.9 Å². The number of nitro groups is 1. The first kappa shape index (κ1) is 15.1. The summed E-state index contributed by atoms with van der Waals surface area (Å²) in [6, 6.07) is 12.9. The van der Waals surface area contributed by atoms with E-state index in [1.165, 1.54) is 30.5 Å². The molecule has 1 amide bonds. The zero-order valence-electron chi connectivity index (χ0n) is 10.7. The molecule has 0 fully saturated rings. The second-order valence-corrected chi connectivity index (χ2v) is 5.30. The third-order valence-corrected chi connectivity index (χ3v) is 3.24. The Hall–Kier alpha value is -2.29. The van der Waals surface area contributed by atoms with Gasteiger partial charge in [0.05, 0.1) is 11.1 Å². The van der Waals surface area contributed by atoms with Gasteiger partial charge in [0.1, 0.15) is 0 Å². The van der Waals surface area contributed by atoms with Crippen molar-refractivity contribution < 1.29 is 9.72 Å². The maximum atomic E-state index is 11.8. The molecule has 6 nitrogen and oxygen atoms in total. The largest absolute Gasteiger partial charge is 0.271 e. The molecule has 7 heteroatoms. The van der Waals surface area contributed by atoms with Gasteiger partial charge in [-0.3, -0.25) is 14.9 Å². The summed E-state index contributed by atoms with van der Waals surface area (Å²) in [5.74, 6) is -0.424. The zero-order chi connectivity index (χ0) is 15.2.